The summed E-state index contributed by atoms with van der Waals surface area (Å²) in [5, 5.41) is 8.07. The van der Waals surface area contributed by atoms with Gasteiger partial charge in [0.05, 0.1) is 22.8 Å². The second-order valence-electron chi connectivity index (χ2n) is 3.86. The number of nitrogens with one attached hydrogen (secondary N) is 1. The maximum absolute atomic E-state index is 6.08. The van der Waals surface area contributed by atoms with Crippen LogP contribution in [0.1, 0.15) is 11.3 Å². The fraction of sp³-hybridized carbons (Fsp3) is 0.167. The summed E-state index contributed by atoms with van der Waals surface area (Å²) in [7, 11) is 1.88. The van der Waals surface area contributed by atoms with Gasteiger partial charge in [-0.05, 0) is 18.2 Å². The lowest BCUT2D eigenvalue weighted by Crippen LogP contribution is -2.14. The molecule has 0 aliphatic carbocycles. The summed E-state index contributed by atoms with van der Waals surface area (Å²) in [4.78, 5) is 0.282. The number of thiocarbonyl (C=S) groups is 1. The number of benzene rings is 1. The second-order valence-corrected chi connectivity index (χ2v) is 4.71. The molecule has 0 fully saturated rings. The smallest absolute Gasteiger partial charge is 0.107 e. The molecule has 0 aliphatic rings. The molecular formula is C12H13ClN4S. The molecule has 0 saturated heterocycles. The average Bonchev–Trinajstić information content (AvgIpc) is 2.72. The summed E-state index contributed by atoms with van der Waals surface area (Å²) >= 11 is 11.1. The molecule has 0 spiro atoms. The molecule has 1 aromatic carbocycles. The van der Waals surface area contributed by atoms with Crippen molar-refractivity contribution >= 4 is 34.5 Å². The van der Waals surface area contributed by atoms with Gasteiger partial charge in [0.15, 0.2) is 0 Å². The molecule has 0 atom stereocenters. The third kappa shape index (κ3) is 2.80. The summed E-state index contributed by atoms with van der Waals surface area (Å²) in [5.41, 5.74) is 8.10. The number of nitrogens with zero attached hydrogens (tertiary/aromatic N) is 2. The molecule has 2 rings (SSSR count). The summed E-state index contributed by atoms with van der Waals surface area (Å²) in [6, 6.07) is 7.45. The highest BCUT2D eigenvalue weighted by Crippen LogP contribution is 2.24. The van der Waals surface area contributed by atoms with E-state index >= 15 is 0 Å². The highest BCUT2D eigenvalue weighted by molar-refractivity contribution is 7.80. The van der Waals surface area contributed by atoms with Gasteiger partial charge in [0.1, 0.15) is 4.99 Å². The summed E-state index contributed by atoms with van der Waals surface area (Å²) in [5.74, 6) is 0. The zero-order valence-corrected chi connectivity index (χ0v) is 11.4. The molecule has 2 aromatic rings. The zero-order valence-electron chi connectivity index (χ0n) is 9.85. The minimum Gasteiger partial charge on any atom is -0.389 e. The SMILES string of the molecule is Cn1ccc(CNc2cccc(Cl)c2C(N)=S)n1. The average molecular weight is 281 g/mol. The third-order valence-corrected chi connectivity index (χ3v) is 3.01. The van der Waals surface area contributed by atoms with Crippen molar-refractivity contribution in [3.05, 3.63) is 46.7 Å². The molecule has 1 heterocycles. The molecule has 6 heteroatoms. The van der Waals surface area contributed by atoms with E-state index < -0.39 is 0 Å². The molecule has 0 bridgehead atoms. The van der Waals surface area contributed by atoms with E-state index in [1.165, 1.54) is 0 Å². The number of nitrogens with two attached hydrogens (primary N) is 1. The zero-order chi connectivity index (χ0) is 13.1. The van der Waals surface area contributed by atoms with Crippen LogP contribution in [0.4, 0.5) is 5.69 Å². The van der Waals surface area contributed by atoms with Gasteiger partial charge in [0, 0.05) is 18.9 Å². The van der Waals surface area contributed by atoms with Gasteiger partial charge in [-0.15, -0.1) is 0 Å². The molecule has 18 heavy (non-hydrogen) atoms. The molecule has 94 valence electrons. The van der Waals surface area contributed by atoms with Gasteiger partial charge in [0.25, 0.3) is 0 Å². The lowest BCUT2D eigenvalue weighted by Gasteiger charge is -2.11. The number of aryl methyl sites for hydroxylation is 1. The summed E-state index contributed by atoms with van der Waals surface area (Å²) in [6.07, 6.45) is 1.89. The Kier molecular flexibility index (Phi) is 3.84. The van der Waals surface area contributed by atoms with Crippen LogP contribution in [0, 0.1) is 0 Å². The predicted molar refractivity (Wildman–Crippen MR) is 77.9 cm³/mol. The number of halogens is 1. The molecule has 0 radical (unpaired) electrons. The molecular weight excluding hydrogens is 268 g/mol. The number of rotatable bonds is 4. The van der Waals surface area contributed by atoms with Gasteiger partial charge in [-0.3, -0.25) is 4.68 Å². The van der Waals surface area contributed by atoms with Crippen molar-refractivity contribution in [2.75, 3.05) is 5.32 Å². The number of anilines is 1. The first-order chi connectivity index (χ1) is 8.58. The lowest BCUT2D eigenvalue weighted by atomic mass is 10.1. The minimum absolute atomic E-state index is 0.282. The maximum Gasteiger partial charge on any atom is 0.107 e. The number of hydrogen-bond donors (Lipinski definition) is 2. The Morgan fingerprint density at radius 2 is 2.28 bits per heavy atom. The van der Waals surface area contributed by atoms with Crippen molar-refractivity contribution < 1.29 is 0 Å². The Labute approximate surface area is 116 Å². The topological polar surface area (TPSA) is 55.9 Å². The van der Waals surface area contributed by atoms with Crippen LogP contribution in [0.5, 0.6) is 0 Å². The molecule has 3 N–H and O–H groups in total. The monoisotopic (exact) mass is 280 g/mol. The van der Waals surface area contributed by atoms with Crippen molar-refractivity contribution in [1.29, 1.82) is 0 Å². The first-order valence-electron chi connectivity index (χ1n) is 5.38. The van der Waals surface area contributed by atoms with E-state index in [4.69, 9.17) is 29.6 Å². The van der Waals surface area contributed by atoms with Crippen molar-refractivity contribution in [2.24, 2.45) is 12.8 Å². The first-order valence-corrected chi connectivity index (χ1v) is 6.17. The van der Waals surface area contributed by atoms with Gasteiger partial charge < -0.3 is 11.1 Å². The molecule has 4 nitrogen and oxygen atoms in total. The predicted octanol–water partition coefficient (Wildman–Crippen LogP) is 2.32. The molecule has 0 unspecified atom stereocenters. The normalized spacial score (nSPS) is 10.3. The second kappa shape index (κ2) is 5.37. The highest BCUT2D eigenvalue weighted by atomic mass is 35.5. The molecule has 0 aliphatic heterocycles. The van der Waals surface area contributed by atoms with Gasteiger partial charge in [0.2, 0.25) is 0 Å². The van der Waals surface area contributed by atoms with Crippen molar-refractivity contribution in [1.82, 2.24) is 9.78 Å². The van der Waals surface area contributed by atoms with Crippen LogP contribution < -0.4 is 11.1 Å². The molecule has 0 amide bonds. The van der Waals surface area contributed by atoms with Crippen LogP contribution in [0.2, 0.25) is 5.02 Å². The van der Waals surface area contributed by atoms with E-state index in [2.05, 4.69) is 10.4 Å². The minimum atomic E-state index is 0.282. The fourth-order valence-corrected chi connectivity index (χ4v) is 2.22. The van der Waals surface area contributed by atoms with E-state index in [0.29, 0.717) is 17.1 Å². The quantitative estimate of drug-likeness (QED) is 0.844. The van der Waals surface area contributed by atoms with E-state index in [0.717, 1.165) is 11.4 Å². The number of aromatic nitrogens is 2. The van der Waals surface area contributed by atoms with Crippen molar-refractivity contribution in [2.45, 2.75) is 6.54 Å². The maximum atomic E-state index is 6.08. The van der Waals surface area contributed by atoms with Gasteiger partial charge in [-0.1, -0.05) is 29.9 Å². The Morgan fingerprint density at radius 3 is 2.89 bits per heavy atom. The van der Waals surface area contributed by atoms with E-state index in [9.17, 15) is 0 Å². The van der Waals surface area contributed by atoms with Crippen LogP contribution in [0.15, 0.2) is 30.5 Å². The Hall–Kier alpha value is -1.59. The first kappa shape index (κ1) is 12.9. The van der Waals surface area contributed by atoms with Gasteiger partial charge in [-0.25, -0.2) is 0 Å². The van der Waals surface area contributed by atoms with Crippen LogP contribution in [0.3, 0.4) is 0 Å². The van der Waals surface area contributed by atoms with Crippen molar-refractivity contribution in [3.8, 4) is 0 Å². The largest absolute Gasteiger partial charge is 0.389 e. The standard InChI is InChI=1S/C12H13ClN4S/c1-17-6-5-8(16-17)7-15-10-4-2-3-9(13)11(10)12(14)18/h2-6,15H,7H2,1H3,(H2,14,18). The Morgan fingerprint density at radius 1 is 1.50 bits per heavy atom. The van der Waals surface area contributed by atoms with E-state index in [-0.39, 0.29) is 4.99 Å². The highest BCUT2D eigenvalue weighted by Gasteiger charge is 2.09. The summed E-state index contributed by atoms with van der Waals surface area (Å²) < 4.78 is 1.75. The van der Waals surface area contributed by atoms with Crippen molar-refractivity contribution in [3.63, 3.8) is 0 Å². The van der Waals surface area contributed by atoms with Gasteiger partial charge >= 0.3 is 0 Å². The summed E-state index contributed by atoms with van der Waals surface area (Å²) in [6.45, 7) is 0.594. The number of hydrogen-bond acceptors (Lipinski definition) is 3. The molecule has 0 saturated carbocycles. The Balaban J connectivity index is 2.19. The van der Waals surface area contributed by atoms with Gasteiger partial charge in [-0.2, -0.15) is 5.10 Å². The van der Waals surface area contributed by atoms with Crippen LogP contribution in [-0.2, 0) is 13.6 Å². The van der Waals surface area contributed by atoms with Crippen LogP contribution in [-0.4, -0.2) is 14.8 Å². The van der Waals surface area contributed by atoms with E-state index in [1.54, 1.807) is 10.7 Å². The Bertz CT molecular complexity index is 579. The fourth-order valence-electron chi connectivity index (χ4n) is 1.67. The van der Waals surface area contributed by atoms with E-state index in [1.807, 2.05) is 31.4 Å². The third-order valence-electron chi connectivity index (χ3n) is 2.49. The lowest BCUT2D eigenvalue weighted by molar-refractivity contribution is 0.747. The van der Waals surface area contributed by atoms with Crippen LogP contribution >= 0.6 is 23.8 Å². The van der Waals surface area contributed by atoms with Crippen LogP contribution in [0.25, 0.3) is 0 Å². The molecule has 1 aromatic heterocycles.